The number of carbonyl (C=O) groups excluding carboxylic acids is 1. The number of hydrogen-bond donors (Lipinski definition) is 2. The molecule has 1 aliphatic carbocycles. The normalized spacial score (nSPS) is 17.6. The van der Waals surface area contributed by atoms with E-state index in [1.165, 1.54) is 0 Å². The van der Waals surface area contributed by atoms with Crippen LogP contribution in [-0.4, -0.2) is 22.0 Å². The Hall–Kier alpha value is -2.25. The monoisotopic (exact) mass is 276 g/mol. The van der Waals surface area contributed by atoms with Crippen LogP contribution in [0.1, 0.15) is 38.7 Å². The van der Waals surface area contributed by atoms with Gasteiger partial charge < -0.3 is 14.6 Å². The van der Waals surface area contributed by atoms with Gasteiger partial charge in [-0.15, -0.1) is 0 Å². The third-order valence-corrected chi connectivity index (χ3v) is 2.75. The molecule has 1 aromatic heterocycles. The number of ketones is 1. The average Bonchev–Trinajstić information content (AvgIpc) is 2.69. The van der Waals surface area contributed by atoms with E-state index in [1.54, 1.807) is 0 Å². The fourth-order valence-electron chi connectivity index (χ4n) is 1.96. The van der Waals surface area contributed by atoms with E-state index in [2.05, 4.69) is 4.42 Å². The molecule has 0 radical (unpaired) electrons. The second-order valence-electron chi connectivity index (χ2n) is 3.89. The molecular weight excluding hydrogens is 269 g/mol. The zero-order valence-corrected chi connectivity index (χ0v) is 9.24. The number of aromatic carboxylic acids is 1. The van der Waals surface area contributed by atoms with Crippen LogP contribution in [0.5, 0.6) is 0 Å². The molecule has 5 nitrogen and oxygen atoms in total. The van der Waals surface area contributed by atoms with Gasteiger partial charge in [0.2, 0.25) is 5.76 Å². The summed E-state index contributed by atoms with van der Waals surface area (Å²) in [4.78, 5) is 22.5. The molecule has 1 aliphatic rings. The van der Waals surface area contributed by atoms with Crippen LogP contribution in [0.25, 0.3) is 0 Å². The van der Waals surface area contributed by atoms with Crippen molar-refractivity contribution in [2.45, 2.75) is 19.0 Å². The maximum absolute atomic E-state index is 12.9. The quantitative estimate of drug-likeness (QED) is 0.608. The van der Waals surface area contributed by atoms with Crippen molar-refractivity contribution in [3.63, 3.8) is 0 Å². The molecular formula is C11H7F3O5. The predicted molar refractivity (Wildman–Crippen MR) is 54.0 cm³/mol. The summed E-state index contributed by atoms with van der Waals surface area (Å²) in [5.74, 6) is -4.58. The summed E-state index contributed by atoms with van der Waals surface area (Å²) in [6.07, 6.45) is -4.69. The van der Waals surface area contributed by atoms with Crippen molar-refractivity contribution in [1.29, 1.82) is 0 Å². The van der Waals surface area contributed by atoms with Crippen LogP contribution >= 0.6 is 0 Å². The lowest BCUT2D eigenvalue weighted by Crippen LogP contribution is -2.19. The number of aryl methyl sites for hydroxylation is 1. The third kappa shape index (κ3) is 1.98. The summed E-state index contributed by atoms with van der Waals surface area (Å²) in [6, 6.07) is 0. The lowest BCUT2D eigenvalue weighted by Gasteiger charge is -2.13. The molecule has 0 spiro atoms. The number of allylic oxidation sites excluding steroid dienone is 1. The number of hydrogen-bond acceptors (Lipinski definition) is 4. The molecule has 0 aliphatic heterocycles. The standard InChI is InChI=1S/C11H7F3O5/c12-11(13,14)7-6-5(19-9(7)10(17)18)2-1-4(3-15)8(6)16/h3,15H,1-2H2,(H,17,18). The van der Waals surface area contributed by atoms with Crippen molar-refractivity contribution in [1.82, 2.24) is 0 Å². The summed E-state index contributed by atoms with van der Waals surface area (Å²) in [7, 11) is 0. The second-order valence-corrected chi connectivity index (χ2v) is 3.89. The number of carbonyl (C=O) groups is 2. The van der Waals surface area contributed by atoms with Crippen molar-refractivity contribution in [2.24, 2.45) is 0 Å². The van der Waals surface area contributed by atoms with Gasteiger partial charge in [-0.3, -0.25) is 4.79 Å². The van der Waals surface area contributed by atoms with E-state index in [0.29, 0.717) is 6.26 Å². The Morgan fingerprint density at radius 3 is 2.42 bits per heavy atom. The van der Waals surface area contributed by atoms with Gasteiger partial charge in [0.05, 0.1) is 11.8 Å². The summed E-state index contributed by atoms with van der Waals surface area (Å²) < 4.78 is 43.3. The molecule has 0 saturated heterocycles. The van der Waals surface area contributed by atoms with Gasteiger partial charge in [0.15, 0.2) is 5.78 Å². The molecule has 0 aromatic carbocycles. The Morgan fingerprint density at radius 2 is 1.95 bits per heavy atom. The minimum Gasteiger partial charge on any atom is -0.515 e. The summed E-state index contributed by atoms with van der Waals surface area (Å²) in [5, 5.41) is 17.5. The van der Waals surface area contributed by atoms with Crippen LogP contribution in [0.3, 0.4) is 0 Å². The van der Waals surface area contributed by atoms with Gasteiger partial charge in [-0.25, -0.2) is 4.79 Å². The van der Waals surface area contributed by atoms with E-state index < -0.39 is 34.8 Å². The number of rotatable bonds is 1. The summed E-state index contributed by atoms with van der Waals surface area (Å²) >= 11 is 0. The molecule has 1 heterocycles. The van der Waals surface area contributed by atoms with Crippen LogP contribution in [0.2, 0.25) is 0 Å². The number of alkyl halides is 3. The summed E-state index contributed by atoms with van der Waals surface area (Å²) in [6.45, 7) is 0. The fraction of sp³-hybridized carbons (Fsp3) is 0.273. The van der Waals surface area contributed by atoms with Crippen LogP contribution < -0.4 is 0 Å². The SMILES string of the molecule is O=C(O)c1oc2c(c1C(F)(F)F)C(=O)C(=CO)CC2. The zero-order chi connectivity index (χ0) is 14.4. The Morgan fingerprint density at radius 1 is 1.32 bits per heavy atom. The minimum atomic E-state index is -5.03. The number of aliphatic hydroxyl groups excluding tert-OH is 1. The van der Waals surface area contributed by atoms with E-state index in [1.807, 2.05) is 0 Å². The van der Waals surface area contributed by atoms with Crippen molar-refractivity contribution in [3.8, 4) is 0 Å². The molecule has 1 aromatic rings. The molecule has 19 heavy (non-hydrogen) atoms. The number of carboxylic acid groups (broad SMARTS) is 1. The van der Waals surface area contributed by atoms with Crippen molar-refractivity contribution >= 4 is 11.8 Å². The fourth-order valence-corrected chi connectivity index (χ4v) is 1.96. The van der Waals surface area contributed by atoms with E-state index in [9.17, 15) is 22.8 Å². The predicted octanol–water partition coefficient (Wildman–Crippen LogP) is 2.57. The van der Waals surface area contributed by atoms with Gasteiger partial charge in [-0.05, 0) is 6.42 Å². The topological polar surface area (TPSA) is 87.7 Å². The summed E-state index contributed by atoms with van der Waals surface area (Å²) in [5.41, 5.74) is -2.63. The maximum atomic E-state index is 12.9. The Labute approximate surface area is 103 Å². The molecule has 0 amide bonds. The lowest BCUT2D eigenvalue weighted by atomic mass is 9.89. The molecule has 0 saturated carbocycles. The first-order valence-electron chi connectivity index (χ1n) is 5.11. The number of Topliss-reactive ketones (excluding diaryl/α,β-unsaturated/α-hetero) is 1. The van der Waals surface area contributed by atoms with Gasteiger partial charge in [-0.1, -0.05) is 0 Å². The van der Waals surface area contributed by atoms with Crippen LogP contribution in [-0.2, 0) is 12.6 Å². The number of fused-ring (bicyclic) bond motifs is 1. The highest BCUT2D eigenvalue weighted by Gasteiger charge is 2.46. The third-order valence-electron chi connectivity index (χ3n) is 2.75. The highest BCUT2D eigenvalue weighted by Crippen LogP contribution is 2.41. The average molecular weight is 276 g/mol. The highest BCUT2D eigenvalue weighted by atomic mass is 19.4. The molecule has 0 atom stereocenters. The van der Waals surface area contributed by atoms with Gasteiger partial charge in [0.25, 0.3) is 0 Å². The molecule has 0 fully saturated rings. The first kappa shape index (κ1) is 13.2. The maximum Gasteiger partial charge on any atom is 0.421 e. The van der Waals surface area contributed by atoms with Crippen LogP contribution in [0, 0.1) is 0 Å². The van der Waals surface area contributed by atoms with E-state index >= 15 is 0 Å². The zero-order valence-electron chi connectivity index (χ0n) is 9.24. The smallest absolute Gasteiger partial charge is 0.421 e. The largest absolute Gasteiger partial charge is 0.515 e. The van der Waals surface area contributed by atoms with Gasteiger partial charge in [0.1, 0.15) is 11.3 Å². The molecule has 0 bridgehead atoms. The number of carboxylic acids is 1. The Kier molecular flexibility index (Phi) is 2.88. The number of furan rings is 1. The Balaban J connectivity index is 2.75. The molecule has 2 rings (SSSR count). The van der Waals surface area contributed by atoms with Crippen molar-refractivity contribution in [2.75, 3.05) is 0 Å². The molecule has 8 heteroatoms. The van der Waals surface area contributed by atoms with E-state index in [4.69, 9.17) is 10.2 Å². The minimum absolute atomic E-state index is 0.00774. The first-order chi connectivity index (χ1) is 8.77. The van der Waals surface area contributed by atoms with Gasteiger partial charge in [-0.2, -0.15) is 13.2 Å². The highest BCUT2D eigenvalue weighted by molar-refractivity contribution is 6.12. The number of aliphatic hydroxyl groups is 1. The second kappa shape index (κ2) is 4.15. The van der Waals surface area contributed by atoms with Crippen LogP contribution in [0.4, 0.5) is 13.2 Å². The van der Waals surface area contributed by atoms with Crippen LogP contribution in [0.15, 0.2) is 16.3 Å². The van der Waals surface area contributed by atoms with Gasteiger partial charge in [0, 0.05) is 12.0 Å². The molecule has 2 N–H and O–H groups in total. The Bertz CT molecular complexity index is 594. The van der Waals surface area contributed by atoms with E-state index in [0.717, 1.165) is 0 Å². The first-order valence-corrected chi connectivity index (χ1v) is 5.11. The van der Waals surface area contributed by atoms with Crippen molar-refractivity contribution < 1.29 is 37.4 Å². The molecule has 102 valence electrons. The number of halogens is 3. The molecule has 0 unspecified atom stereocenters. The lowest BCUT2D eigenvalue weighted by molar-refractivity contribution is -0.138. The van der Waals surface area contributed by atoms with E-state index in [-0.39, 0.29) is 24.2 Å². The van der Waals surface area contributed by atoms with Gasteiger partial charge >= 0.3 is 12.1 Å². The van der Waals surface area contributed by atoms with Crippen molar-refractivity contribution in [3.05, 3.63) is 34.5 Å².